The summed E-state index contributed by atoms with van der Waals surface area (Å²) in [6.45, 7) is 4.17. The molecule has 6 aromatic rings. The maximum Gasteiger partial charge on any atom is 0.0830 e. The predicted octanol–water partition coefficient (Wildman–Crippen LogP) is 8.09. The number of rotatable bonds is 0. The van der Waals surface area contributed by atoms with Gasteiger partial charge in [-0.1, -0.05) is 109 Å². The first-order valence-electron chi connectivity index (χ1n) is 16.6. The Balaban J connectivity index is 1.14. The molecule has 6 nitrogen and oxygen atoms in total. The lowest BCUT2D eigenvalue weighted by atomic mass is 10.1. The highest BCUT2D eigenvalue weighted by Gasteiger charge is 2.05. The van der Waals surface area contributed by atoms with E-state index in [9.17, 15) is 0 Å². The van der Waals surface area contributed by atoms with E-state index in [1.165, 1.54) is 33.4 Å². The zero-order chi connectivity index (χ0) is 32.4. The van der Waals surface area contributed by atoms with Gasteiger partial charge in [-0.3, -0.25) is 9.98 Å². The van der Waals surface area contributed by atoms with Crippen molar-refractivity contribution in [1.82, 2.24) is 0 Å². The lowest BCUT2D eigenvalue weighted by Gasteiger charge is -2.15. The third-order valence-electron chi connectivity index (χ3n) is 8.60. The minimum absolute atomic E-state index is 0.605. The summed E-state index contributed by atoms with van der Waals surface area (Å²) in [6, 6.07) is 51.1. The third-order valence-corrected chi connectivity index (χ3v) is 8.60. The zero-order valence-electron chi connectivity index (χ0n) is 27.0. The molecule has 48 heavy (non-hydrogen) atoms. The van der Waals surface area contributed by atoms with Gasteiger partial charge in [0.25, 0.3) is 0 Å². The smallest absolute Gasteiger partial charge is 0.0830 e. The Morgan fingerprint density at radius 3 is 0.833 bits per heavy atom. The maximum absolute atomic E-state index is 4.92. The van der Waals surface area contributed by atoms with Crippen molar-refractivity contribution in [3.63, 3.8) is 0 Å². The molecule has 0 aliphatic carbocycles. The number of benzene rings is 6. The van der Waals surface area contributed by atoms with Crippen LogP contribution in [-0.4, -0.2) is 0 Å². The van der Waals surface area contributed by atoms with Gasteiger partial charge in [0.2, 0.25) is 0 Å². The van der Waals surface area contributed by atoms with Crippen molar-refractivity contribution < 1.29 is 0 Å². The van der Waals surface area contributed by atoms with Crippen molar-refractivity contribution in [3.05, 3.63) is 190 Å². The molecule has 4 N–H and O–H groups in total. The topological polar surface area (TPSA) is 72.8 Å². The zero-order valence-corrected chi connectivity index (χ0v) is 27.0. The van der Waals surface area contributed by atoms with E-state index in [-0.39, 0.29) is 0 Å². The Morgan fingerprint density at radius 1 is 0.292 bits per heavy atom. The van der Waals surface area contributed by atoms with Gasteiger partial charge in [0.15, 0.2) is 0 Å². The van der Waals surface area contributed by atoms with Gasteiger partial charge < -0.3 is 21.3 Å². The fourth-order valence-corrected chi connectivity index (χ4v) is 5.76. The molecule has 4 heterocycles. The van der Waals surface area contributed by atoms with Gasteiger partial charge in [-0.05, 0) is 69.8 Å². The van der Waals surface area contributed by atoms with Crippen LogP contribution in [0.25, 0.3) is 0 Å². The molecule has 6 aromatic carbocycles. The van der Waals surface area contributed by atoms with E-state index in [4.69, 9.17) is 9.98 Å². The Bertz CT molecular complexity index is 1920. The van der Waals surface area contributed by atoms with Crippen LogP contribution in [0.3, 0.4) is 0 Å². The lowest BCUT2D eigenvalue weighted by Crippen LogP contribution is -2.25. The van der Waals surface area contributed by atoms with E-state index in [2.05, 4.69) is 143 Å². The first kappa shape index (κ1) is 30.8. The number of fused-ring (bicyclic) bond motifs is 3. The van der Waals surface area contributed by atoms with Crippen LogP contribution in [0.15, 0.2) is 156 Å². The molecule has 0 fully saturated rings. The van der Waals surface area contributed by atoms with E-state index >= 15 is 0 Å². The molecule has 0 atom stereocenters. The third kappa shape index (κ3) is 8.09. The van der Waals surface area contributed by atoms with Crippen molar-refractivity contribution in [2.75, 3.05) is 21.3 Å². The van der Waals surface area contributed by atoms with E-state index in [1.807, 2.05) is 24.3 Å². The Kier molecular flexibility index (Phi) is 9.70. The second-order valence-electron chi connectivity index (χ2n) is 12.1. The molecule has 6 bridgehead atoms. The average Bonchev–Trinajstić information content (AvgIpc) is 3.15. The second-order valence-corrected chi connectivity index (χ2v) is 12.1. The summed E-state index contributed by atoms with van der Waals surface area (Å²) in [6.07, 6.45) is 0. The molecule has 4 aliphatic rings. The first-order chi connectivity index (χ1) is 23.7. The molecular formula is C42H40N6. The van der Waals surface area contributed by atoms with Gasteiger partial charge in [-0.15, -0.1) is 0 Å². The number of anilines is 4. The molecule has 0 radical (unpaired) electrons. The molecular weight excluding hydrogens is 589 g/mol. The van der Waals surface area contributed by atoms with Crippen LogP contribution in [0.2, 0.25) is 0 Å². The summed E-state index contributed by atoms with van der Waals surface area (Å²) in [5.74, 6) is 0. The van der Waals surface area contributed by atoms with Crippen molar-refractivity contribution in [2.24, 2.45) is 9.98 Å². The number of para-hydroxylation sites is 6. The standard InChI is InChI=1S/C42H40N6/c1-2-8-38-37(7-1)43-25-31-13-15-33(16-14-31)27-45-39-9-3-4-10-40(39)47-29-35-21-23-36(24-22-35)30-48-42-12-6-5-11-41(42)46-28-34-19-17-32(18-20-34)26-44-38/h1-24,43-45,47H,25-30H2. The van der Waals surface area contributed by atoms with Gasteiger partial charge in [0.05, 0.1) is 46.6 Å². The van der Waals surface area contributed by atoms with Crippen LogP contribution in [0.1, 0.15) is 33.4 Å². The summed E-state index contributed by atoms with van der Waals surface area (Å²) in [4.78, 5) is 9.85. The quantitative estimate of drug-likeness (QED) is 0.137. The van der Waals surface area contributed by atoms with Crippen LogP contribution in [0, 0.1) is 0 Å². The van der Waals surface area contributed by atoms with Gasteiger partial charge in [0, 0.05) is 26.2 Å². The molecule has 10 rings (SSSR count). The molecule has 4 aliphatic heterocycles. The fourth-order valence-electron chi connectivity index (χ4n) is 5.76. The molecule has 0 unspecified atom stereocenters. The first-order valence-corrected chi connectivity index (χ1v) is 16.6. The summed E-state index contributed by atoms with van der Waals surface area (Å²) < 4.78 is 0. The van der Waals surface area contributed by atoms with Crippen LogP contribution in [0.4, 0.5) is 22.7 Å². The Morgan fingerprint density at radius 2 is 0.542 bits per heavy atom. The Labute approximate surface area is 282 Å². The van der Waals surface area contributed by atoms with Crippen LogP contribution < -0.4 is 32.0 Å². The Hall–Kier alpha value is -5.88. The van der Waals surface area contributed by atoms with Gasteiger partial charge in [-0.2, -0.15) is 0 Å². The maximum atomic E-state index is 4.92. The lowest BCUT2D eigenvalue weighted by molar-refractivity contribution is 0.951. The predicted molar refractivity (Wildman–Crippen MR) is 198 cm³/mol. The van der Waals surface area contributed by atoms with Gasteiger partial charge in [-0.25, -0.2) is 0 Å². The van der Waals surface area contributed by atoms with Crippen molar-refractivity contribution in [3.8, 4) is 0 Å². The van der Waals surface area contributed by atoms with E-state index < -0.39 is 0 Å². The molecule has 0 amide bonds. The molecule has 0 aromatic heterocycles. The average molecular weight is 629 g/mol. The van der Waals surface area contributed by atoms with E-state index in [1.54, 1.807) is 0 Å². The number of nitrogens with one attached hydrogen (secondary N) is 4. The highest BCUT2D eigenvalue weighted by Crippen LogP contribution is 2.24. The second kappa shape index (κ2) is 15.1. The summed E-state index contributed by atoms with van der Waals surface area (Å²) >= 11 is 0. The highest BCUT2D eigenvalue weighted by atomic mass is 15.0. The normalized spacial score (nSPS) is 13.5. The van der Waals surface area contributed by atoms with Crippen molar-refractivity contribution >= 4 is 22.7 Å². The number of nitrogens with zero attached hydrogens (tertiary/aromatic N) is 2. The summed E-state index contributed by atoms with van der Waals surface area (Å²) in [7, 11) is 0. The SMILES string of the molecule is c1ccc2c(c1)NCc1ccc(cc1)CN=c1ccccc1=NCc1ccc(cc1)CNc1ccccc1NCc1ccc(cc1)CN2. The largest absolute Gasteiger partial charge is 0.379 e. The molecule has 238 valence electrons. The van der Waals surface area contributed by atoms with E-state index in [0.29, 0.717) is 13.1 Å². The molecule has 0 saturated heterocycles. The summed E-state index contributed by atoms with van der Waals surface area (Å²) in [5.41, 5.74) is 11.6. The number of hydrogen-bond acceptors (Lipinski definition) is 6. The minimum atomic E-state index is 0.605. The fraction of sp³-hybridized carbons (Fsp3) is 0.143. The molecule has 0 saturated carbocycles. The summed E-state index contributed by atoms with van der Waals surface area (Å²) in [5, 5.41) is 16.3. The van der Waals surface area contributed by atoms with Crippen LogP contribution in [0.5, 0.6) is 0 Å². The highest BCUT2D eigenvalue weighted by molar-refractivity contribution is 5.69. The van der Waals surface area contributed by atoms with Gasteiger partial charge in [0.1, 0.15) is 0 Å². The van der Waals surface area contributed by atoms with E-state index in [0.717, 1.165) is 59.6 Å². The van der Waals surface area contributed by atoms with Gasteiger partial charge >= 0.3 is 0 Å². The number of hydrogen-bond donors (Lipinski definition) is 4. The van der Waals surface area contributed by atoms with Crippen LogP contribution >= 0.6 is 0 Å². The minimum Gasteiger partial charge on any atom is -0.379 e. The monoisotopic (exact) mass is 628 g/mol. The molecule has 0 spiro atoms. The molecule has 6 heteroatoms. The van der Waals surface area contributed by atoms with Crippen molar-refractivity contribution in [1.29, 1.82) is 0 Å². The van der Waals surface area contributed by atoms with Crippen LogP contribution in [-0.2, 0) is 39.3 Å². The van der Waals surface area contributed by atoms with Crippen molar-refractivity contribution in [2.45, 2.75) is 39.3 Å².